The minimum atomic E-state index is -1.92. The van der Waals surface area contributed by atoms with Gasteiger partial charge in [-0.1, -0.05) is 58.8 Å². The van der Waals surface area contributed by atoms with Crippen LogP contribution in [-0.4, -0.2) is 81.8 Å². The standard InChI is InChI=1S/C23H42O9/c1-3-5-7-8-9-10-11-17(26)16-31-21-20(30-12-6-4-2)22(29)32-23(21,19(28)15-25)13-18(27)14-24/h17-19,24-28H,3-16H2,1-2H3/t17?,18?,19-,23+/m0/s1. The van der Waals surface area contributed by atoms with Crippen LogP contribution in [0.15, 0.2) is 11.5 Å². The summed E-state index contributed by atoms with van der Waals surface area (Å²) in [4.78, 5) is 12.5. The number of cyclic esters (lactones) is 1. The number of hydrogen-bond acceptors (Lipinski definition) is 9. The summed E-state index contributed by atoms with van der Waals surface area (Å²) in [5.74, 6) is -1.31. The van der Waals surface area contributed by atoms with Crippen molar-refractivity contribution in [3.63, 3.8) is 0 Å². The summed E-state index contributed by atoms with van der Waals surface area (Å²) >= 11 is 0. The van der Waals surface area contributed by atoms with Crippen molar-refractivity contribution in [1.82, 2.24) is 0 Å². The van der Waals surface area contributed by atoms with Crippen LogP contribution >= 0.6 is 0 Å². The summed E-state index contributed by atoms with van der Waals surface area (Å²) in [7, 11) is 0. The highest BCUT2D eigenvalue weighted by Gasteiger charge is 2.56. The van der Waals surface area contributed by atoms with Gasteiger partial charge in [-0.15, -0.1) is 0 Å². The fourth-order valence-electron chi connectivity index (χ4n) is 3.65. The second kappa shape index (κ2) is 15.4. The largest absolute Gasteiger partial charge is 0.487 e. The Kier molecular flexibility index (Phi) is 13.8. The topological polar surface area (TPSA) is 146 Å². The Morgan fingerprint density at radius 2 is 1.53 bits per heavy atom. The highest BCUT2D eigenvalue weighted by Crippen LogP contribution is 2.41. The van der Waals surface area contributed by atoms with Crippen LogP contribution in [0, 0.1) is 0 Å². The number of ether oxygens (including phenoxy) is 3. The third kappa shape index (κ3) is 8.51. The van der Waals surface area contributed by atoms with Gasteiger partial charge in [0.25, 0.3) is 0 Å². The zero-order valence-corrected chi connectivity index (χ0v) is 19.5. The molecule has 0 aliphatic carbocycles. The van der Waals surface area contributed by atoms with Crippen LogP contribution in [0.25, 0.3) is 0 Å². The summed E-state index contributed by atoms with van der Waals surface area (Å²) in [5, 5.41) is 49.7. The highest BCUT2D eigenvalue weighted by atomic mass is 16.6. The quantitative estimate of drug-likeness (QED) is 0.142. The van der Waals surface area contributed by atoms with Gasteiger partial charge in [0.2, 0.25) is 11.4 Å². The number of carbonyl (C=O) groups is 1. The Morgan fingerprint density at radius 3 is 2.16 bits per heavy atom. The Bertz CT molecular complexity index is 566. The van der Waals surface area contributed by atoms with E-state index in [1.54, 1.807) is 0 Å². The summed E-state index contributed by atoms with van der Waals surface area (Å²) in [5.41, 5.74) is -1.92. The van der Waals surface area contributed by atoms with Crippen molar-refractivity contribution < 1.29 is 44.5 Å². The first-order chi connectivity index (χ1) is 15.4. The van der Waals surface area contributed by atoms with Gasteiger partial charge in [0.15, 0.2) is 5.76 Å². The Hall–Kier alpha value is -1.39. The van der Waals surface area contributed by atoms with Gasteiger partial charge in [-0.05, 0) is 12.8 Å². The molecule has 0 saturated carbocycles. The average molecular weight is 463 g/mol. The molecule has 4 atom stereocenters. The second-order valence-corrected chi connectivity index (χ2v) is 8.40. The lowest BCUT2D eigenvalue weighted by molar-refractivity contribution is -0.172. The molecule has 0 bridgehead atoms. The van der Waals surface area contributed by atoms with Gasteiger partial charge in [0.05, 0.1) is 32.0 Å². The maximum atomic E-state index is 12.5. The summed E-state index contributed by atoms with van der Waals surface area (Å²) in [6.45, 7) is 2.73. The fraction of sp³-hybridized carbons (Fsp3) is 0.870. The number of hydrogen-bond donors (Lipinski definition) is 5. The first-order valence-electron chi connectivity index (χ1n) is 11.9. The van der Waals surface area contributed by atoms with E-state index in [0.717, 1.165) is 25.7 Å². The molecule has 1 aliphatic rings. The SMILES string of the molecule is CCCCCCCCC(O)COC1=C(OCCCC)C(=O)O[C@]1(CC(O)CO)[C@@H](O)CO. The van der Waals surface area contributed by atoms with Gasteiger partial charge in [0.1, 0.15) is 12.7 Å². The molecular weight excluding hydrogens is 420 g/mol. The van der Waals surface area contributed by atoms with Crippen LogP contribution in [0.3, 0.4) is 0 Å². The summed E-state index contributed by atoms with van der Waals surface area (Å²) in [6.07, 6.45) is 4.30. The first kappa shape index (κ1) is 28.6. The molecule has 0 aromatic carbocycles. The van der Waals surface area contributed by atoms with Gasteiger partial charge in [-0.3, -0.25) is 0 Å². The van der Waals surface area contributed by atoms with Crippen molar-refractivity contribution >= 4 is 5.97 Å². The summed E-state index contributed by atoms with van der Waals surface area (Å²) in [6, 6.07) is 0. The molecular formula is C23H42O9. The van der Waals surface area contributed by atoms with Gasteiger partial charge >= 0.3 is 5.97 Å². The molecule has 5 N–H and O–H groups in total. The third-order valence-corrected chi connectivity index (χ3v) is 5.57. The molecule has 0 saturated heterocycles. The Labute approximate surface area is 191 Å². The molecule has 9 nitrogen and oxygen atoms in total. The molecule has 0 aromatic heterocycles. The average Bonchev–Trinajstić information content (AvgIpc) is 3.05. The molecule has 9 heteroatoms. The molecule has 0 radical (unpaired) electrons. The number of carbonyl (C=O) groups excluding carboxylic acids is 1. The molecule has 1 rings (SSSR count). The lowest BCUT2D eigenvalue weighted by Crippen LogP contribution is -2.50. The van der Waals surface area contributed by atoms with Crippen LogP contribution in [0.1, 0.15) is 78.1 Å². The van der Waals surface area contributed by atoms with Gasteiger partial charge in [0, 0.05) is 6.42 Å². The number of aliphatic hydroxyl groups excluding tert-OH is 5. The molecule has 188 valence electrons. The lowest BCUT2D eigenvalue weighted by Gasteiger charge is -2.35. The smallest absolute Gasteiger partial charge is 0.378 e. The predicted molar refractivity (Wildman–Crippen MR) is 117 cm³/mol. The number of aliphatic hydroxyl groups is 5. The van der Waals surface area contributed by atoms with E-state index in [0.29, 0.717) is 12.8 Å². The molecule has 2 unspecified atom stereocenters. The predicted octanol–water partition coefficient (Wildman–Crippen LogP) is 1.53. The normalized spacial score (nSPS) is 21.4. The zero-order valence-electron chi connectivity index (χ0n) is 19.5. The number of esters is 1. The van der Waals surface area contributed by atoms with E-state index >= 15 is 0 Å². The Morgan fingerprint density at radius 1 is 0.875 bits per heavy atom. The van der Waals surface area contributed by atoms with Crippen molar-refractivity contribution in [2.24, 2.45) is 0 Å². The van der Waals surface area contributed by atoms with Crippen LogP contribution < -0.4 is 0 Å². The van der Waals surface area contributed by atoms with E-state index in [-0.39, 0.29) is 24.7 Å². The van der Waals surface area contributed by atoms with Crippen molar-refractivity contribution in [2.75, 3.05) is 26.4 Å². The van der Waals surface area contributed by atoms with Crippen molar-refractivity contribution in [1.29, 1.82) is 0 Å². The first-order valence-corrected chi connectivity index (χ1v) is 11.9. The van der Waals surface area contributed by atoms with Crippen molar-refractivity contribution in [2.45, 2.75) is 102 Å². The van der Waals surface area contributed by atoms with Gasteiger partial charge in [-0.25, -0.2) is 4.79 Å². The minimum Gasteiger partial charge on any atom is -0.487 e. The monoisotopic (exact) mass is 462 g/mol. The minimum absolute atomic E-state index is 0.170. The van der Waals surface area contributed by atoms with Crippen molar-refractivity contribution in [3.8, 4) is 0 Å². The molecule has 0 spiro atoms. The molecule has 0 fully saturated rings. The Balaban J connectivity index is 2.94. The van der Waals surface area contributed by atoms with E-state index in [1.165, 1.54) is 19.3 Å². The maximum Gasteiger partial charge on any atom is 0.378 e. The number of rotatable bonds is 19. The van der Waals surface area contributed by atoms with Crippen LogP contribution in [0.2, 0.25) is 0 Å². The van der Waals surface area contributed by atoms with Crippen LogP contribution in [0.5, 0.6) is 0 Å². The maximum absolute atomic E-state index is 12.5. The zero-order chi connectivity index (χ0) is 24.0. The van der Waals surface area contributed by atoms with Gasteiger partial charge in [-0.2, -0.15) is 0 Å². The summed E-state index contributed by atoms with van der Waals surface area (Å²) < 4.78 is 16.7. The van der Waals surface area contributed by atoms with Crippen LogP contribution in [0.4, 0.5) is 0 Å². The van der Waals surface area contributed by atoms with Crippen molar-refractivity contribution in [3.05, 3.63) is 11.5 Å². The highest BCUT2D eigenvalue weighted by molar-refractivity contribution is 5.90. The second-order valence-electron chi connectivity index (χ2n) is 8.40. The number of unbranched alkanes of at least 4 members (excludes halogenated alkanes) is 6. The molecule has 32 heavy (non-hydrogen) atoms. The van der Waals surface area contributed by atoms with E-state index in [4.69, 9.17) is 14.2 Å². The third-order valence-electron chi connectivity index (χ3n) is 5.57. The van der Waals surface area contributed by atoms with Crippen LogP contribution in [-0.2, 0) is 19.0 Å². The molecule has 0 aromatic rings. The lowest BCUT2D eigenvalue weighted by atomic mass is 9.88. The van der Waals surface area contributed by atoms with E-state index in [9.17, 15) is 30.3 Å². The van der Waals surface area contributed by atoms with Gasteiger partial charge < -0.3 is 39.7 Å². The van der Waals surface area contributed by atoms with E-state index in [1.807, 2.05) is 6.92 Å². The fourth-order valence-corrected chi connectivity index (χ4v) is 3.65. The van der Waals surface area contributed by atoms with E-state index < -0.39 is 49.5 Å². The molecule has 0 amide bonds. The molecule has 1 heterocycles. The molecule has 1 aliphatic heterocycles. The van der Waals surface area contributed by atoms with E-state index in [2.05, 4.69) is 6.92 Å².